The summed E-state index contributed by atoms with van der Waals surface area (Å²) in [6.45, 7) is 8.00. The number of aryl methyl sites for hydroxylation is 1. The molecule has 2 nitrogen and oxygen atoms in total. The number of nitrogens with one attached hydrogen (secondary N) is 1. The summed E-state index contributed by atoms with van der Waals surface area (Å²) in [4.78, 5) is 0. The fourth-order valence-corrected chi connectivity index (χ4v) is 2.75. The summed E-state index contributed by atoms with van der Waals surface area (Å²) in [5, 5.41) is 3.73. The molecule has 0 spiro atoms. The Kier molecular flexibility index (Phi) is 4.51. The predicted octanol–water partition coefficient (Wildman–Crippen LogP) is 4.10. The second kappa shape index (κ2) is 5.96. The summed E-state index contributed by atoms with van der Waals surface area (Å²) in [6, 6.07) is 7.05. The van der Waals surface area contributed by atoms with Crippen LogP contribution >= 0.6 is 0 Å². The first-order valence-electron chi connectivity index (χ1n) is 7.40. The van der Waals surface area contributed by atoms with Crippen LogP contribution in [0.25, 0.3) is 0 Å². The van der Waals surface area contributed by atoms with Gasteiger partial charge in [0, 0.05) is 6.04 Å². The number of rotatable bonds is 4. The lowest BCUT2D eigenvalue weighted by molar-refractivity contribution is 0.345. The van der Waals surface area contributed by atoms with Crippen LogP contribution in [0.4, 0.5) is 0 Å². The Morgan fingerprint density at radius 2 is 2.11 bits per heavy atom. The molecule has 106 valence electrons. The van der Waals surface area contributed by atoms with E-state index in [0.717, 1.165) is 12.3 Å². The van der Waals surface area contributed by atoms with Crippen LogP contribution in [0.15, 0.2) is 18.2 Å². The van der Waals surface area contributed by atoms with Crippen LogP contribution in [-0.4, -0.2) is 13.7 Å². The van der Waals surface area contributed by atoms with E-state index in [1.54, 1.807) is 7.11 Å². The second-order valence-corrected chi connectivity index (χ2v) is 6.77. The average molecular weight is 261 g/mol. The highest BCUT2D eigenvalue weighted by Crippen LogP contribution is 2.32. The maximum absolute atomic E-state index is 5.32. The van der Waals surface area contributed by atoms with Crippen molar-refractivity contribution < 1.29 is 4.74 Å². The zero-order valence-corrected chi connectivity index (χ0v) is 12.8. The molecule has 0 fully saturated rings. The van der Waals surface area contributed by atoms with Gasteiger partial charge in [0.2, 0.25) is 0 Å². The third kappa shape index (κ3) is 3.97. The van der Waals surface area contributed by atoms with Gasteiger partial charge in [-0.25, -0.2) is 0 Å². The third-order valence-corrected chi connectivity index (χ3v) is 3.93. The molecule has 1 aliphatic rings. The highest BCUT2D eigenvalue weighted by molar-refractivity contribution is 5.39. The van der Waals surface area contributed by atoms with E-state index < -0.39 is 0 Å². The van der Waals surface area contributed by atoms with Crippen molar-refractivity contribution in [1.29, 1.82) is 0 Å². The van der Waals surface area contributed by atoms with Crippen molar-refractivity contribution in [1.82, 2.24) is 5.32 Å². The van der Waals surface area contributed by atoms with Gasteiger partial charge in [-0.1, -0.05) is 26.8 Å². The van der Waals surface area contributed by atoms with Crippen LogP contribution < -0.4 is 10.1 Å². The fraction of sp³-hybridized carbons (Fsp3) is 0.647. The Bertz CT molecular complexity index is 420. The first-order chi connectivity index (χ1) is 8.99. The average Bonchev–Trinajstić information content (AvgIpc) is 2.37. The molecule has 1 N–H and O–H groups in total. The van der Waals surface area contributed by atoms with E-state index in [2.05, 4.69) is 44.3 Å². The molecule has 0 aliphatic heterocycles. The van der Waals surface area contributed by atoms with Gasteiger partial charge in [-0.15, -0.1) is 0 Å². The summed E-state index contributed by atoms with van der Waals surface area (Å²) in [7, 11) is 1.74. The minimum absolute atomic E-state index is 0.407. The molecule has 1 aliphatic carbocycles. The first kappa shape index (κ1) is 14.4. The fourth-order valence-electron chi connectivity index (χ4n) is 2.75. The Balaban J connectivity index is 2.01. The van der Waals surface area contributed by atoms with Gasteiger partial charge >= 0.3 is 0 Å². The standard InChI is InChI=1S/C17H27NO/c1-17(2,3)10-11-18-16-7-5-6-13-12-14(19-4)8-9-15(13)16/h8-9,12,16,18H,5-7,10-11H2,1-4H3. The van der Waals surface area contributed by atoms with Gasteiger partial charge in [-0.05, 0) is 60.9 Å². The minimum Gasteiger partial charge on any atom is -0.497 e. The molecule has 1 aromatic carbocycles. The summed E-state index contributed by atoms with van der Waals surface area (Å²) >= 11 is 0. The van der Waals surface area contributed by atoms with Crippen LogP contribution in [0.2, 0.25) is 0 Å². The molecule has 0 aromatic heterocycles. The summed E-state index contributed by atoms with van der Waals surface area (Å²) < 4.78 is 5.32. The van der Waals surface area contributed by atoms with Crippen molar-refractivity contribution in [2.75, 3.05) is 13.7 Å². The molecule has 1 aromatic rings. The quantitative estimate of drug-likeness (QED) is 0.881. The zero-order valence-electron chi connectivity index (χ0n) is 12.8. The first-order valence-corrected chi connectivity index (χ1v) is 7.40. The molecule has 2 heteroatoms. The van der Waals surface area contributed by atoms with E-state index in [1.165, 1.54) is 36.8 Å². The van der Waals surface area contributed by atoms with Gasteiger partial charge in [0.25, 0.3) is 0 Å². The van der Waals surface area contributed by atoms with Gasteiger partial charge in [0.15, 0.2) is 0 Å². The van der Waals surface area contributed by atoms with Crippen LogP contribution in [0, 0.1) is 5.41 Å². The molecule has 0 heterocycles. The summed E-state index contributed by atoms with van der Waals surface area (Å²) in [6.07, 6.45) is 4.93. The lowest BCUT2D eigenvalue weighted by atomic mass is 9.87. The molecule has 0 saturated heterocycles. The Morgan fingerprint density at radius 1 is 1.32 bits per heavy atom. The Morgan fingerprint density at radius 3 is 2.79 bits per heavy atom. The maximum atomic E-state index is 5.32. The van der Waals surface area contributed by atoms with E-state index in [-0.39, 0.29) is 0 Å². The molecule has 0 saturated carbocycles. The van der Waals surface area contributed by atoms with Gasteiger partial charge in [-0.2, -0.15) is 0 Å². The lowest BCUT2D eigenvalue weighted by Crippen LogP contribution is -2.28. The molecule has 1 unspecified atom stereocenters. The maximum Gasteiger partial charge on any atom is 0.119 e. The molecule has 0 bridgehead atoms. The lowest BCUT2D eigenvalue weighted by Gasteiger charge is -2.28. The Hall–Kier alpha value is -1.02. The van der Waals surface area contributed by atoms with Gasteiger partial charge in [-0.3, -0.25) is 0 Å². The van der Waals surface area contributed by atoms with E-state index in [1.807, 2.05) is 0 Å². The van der Waals surface area contributed by atoms with Crippen molar-refractivity contribution in [3.8, 4) is 5.75 Å². The van der Waals surface area contributed by atoms with Crippen LogP contribution in [0.1, 0.15) is 57.2 Å². The molecule has 0 radical (unpaired) electrons. The molecule has 2 rings (SSSR count). The minimum atomic E-state index is 0.407. The van der Waals surface area contributed by atoms with Crippen molar-refractivity contribution in [3.05, 3.63) is 29.3 Å². The number of methoxy groups -OCH3 is 1. The van der Waals surface area contributed by atoms with E-state index in [4.69, 9.17) is 4.74 Å². The van der Waals surface area contributed by atoms with Gasteiger partial charge in [0.1, 0.15) is 5.75 Å². The van der Waals surface area contributed by atoms with Crippen molar-refractivity contribution in [2.45, 2.75) is 52.5 Å². The smallest absolute Gasteiger partial charge is 0.119 e. The summed E-state index contributed by atoms with van der Waals surface area (Å²) in [5.74, 6) is 0.981. The summed E-state index contributed by atoms with van der Waals surface area (Å²) in [5.41, 5.74) is 3.34. The van der Waals surface area contributed by atoms with Crippen LogP contribution in [-0.2, 0) is 6.42 Å². The number of benzene rings is 1. The van der Waals surface area contributed by atoms with Crippen molar-refractivity contribution in [3.63, 3.8) is 0 Å². The SMILES string of the molecule is COc1ccc2c(c1)CCCC2NCCC(C)(C)C. The highest BCUT2D eigenvalue weighted by Gasteiger charge is 2.20. The molecular formula is C17H27NO. The van der Waals surface area contributed by atoms with Gasteiger partial charge in [0.05, 0.1) is 7.11 Å². The zero-order chi connectivity index (χ0) is 13.9. The van der Waals surface area contributed by atoms with Crippen LogP contribution in [0.5, 0.6) is 5.75 Å². The van der Waals surface area contributed by atoms with E-state index >= 15 is 0 Å². The monoisotopic (exact) mass is 261 g/mol. The topological polar surface area (TPSA) is 21.3 Å². The molecule has 1 atom stereocenters. The van der Waals surface area contributed by atoms with E-state index in [0.29, 0.717) is 11.5 Å². The number of ether oxygens (including phenoxy) is 1. The van der Waals surface area contributed by atoms with Crippen LogP contribution in [0.3, 0.4) is 0 Å². The van der Waals surface area contributed by atoms with Crippen molar-refractivity contribution in [2.24, 2.45) is 5.41 Å². The third-order valence-electron chi connectivity index (χ3n) is 3.93. The highest BCUT2D eigenvalue weighted by atomic mass is 16.5. The number of hydrogen-bond donors (Lipinski definition) is 1. The largest absolute Gasteiger partial charge is 0.497 e. The molecule has 0 amide bonds. The van der Waals surface area contributed by atoms with Gasteiger partial charge < -0.3 is 10.1 Å². The number of hydrogen-bond acceptors (Lipinski definition) is 2. The second-order valence-electron chi connectivity index (χ2n) is 6.77. The molecule has 19 heavy (non-hydrogen) atoms. The normalized spacial score (nSPS) is 19.1. The Labute approximate surface area is 117 Å². The van der Waals surface area contributed by atoms with Crippen molar-refractivity contribution >= 4 is 0 Å². The number of fused-ring (bicyclic) bond motifs is 1. The predicted molar refractivity (Wildman–Crippen MR) is 80.7 cm³/mol. The van der Waals surface area contributed by atoms with E-state index in [9.17, 15) is 0 Å². The molecular weight excluding hydrogens is 234 g/mol.